The lowest BCUT2D eigenvalue weighted by atomic mass is 10.1. The Morgan fingerprint density at radius 1 is 1.00 bits per heavy atom. The van der Waals surface area contributed by atoms with Crippen molar-refractivity contribution in [2.75, 3.05) is 32.5 Å². The Morgan fingerprint density at radius 3 is 2.45 bits per heavy atom. The second-order valence-corrected chi connectivity index (χ2v) is 8.70. The van der Waals surface area contributed by atoms with Gasteiger partial charge in [0.15, 0.2) is 5.82 Å². The van der Waals surface area contributed by atoms with Crippen LogP contribution < -0.4 is 5.32 Å². The normalized spacial score (nSPS) is 12.0. The molecule has 0 fully saturated rings. The third-order valence-electron chi connectivity index (χ3n) is 4.22. The number of alkyl halides is 3. The lowest BCUT2D eigenvalue weighted by Gasteiger charge is -2.14. The average molecular weight is 532 g/mol. The van der Waals surface area contributed by atoms with Crippen LogP contribution in [0.25, 0.3) is 22.3 Å². The van der Waals surface area contributed by atoms with Crippen molar-refractivity contribution in [3.63, 3.8) is 0 Å². The highest BCUT2D eigenvalue weighted by Crippen LogP contribution is 2.35. The summed E-state index contributed by atoms with van der Waals surface area (Å²) >= 11 is 6.61. The molecule has 0 spiro atoms. The summed E-state index contributed by atoms with van der Waals surface area (Å²) < 4.78 is 40.9. The molecule has 0 unspecified atom stereocenters. The molecule has 29 heavy (non-hydrogen) atoms. The molecule has 1 aromatic heterocycles. The van der Waals surface area contributed by atoms with E-state index < -0.39 is 11.7 Å². The minimum atomic E-state index is -4.45. The molecule has 0 aliphatic rings. The Hall–Kier alpha value is -1.71. The number of hydrogen-bond acceptors (Lipinski definition) is 4. The molecule has 1 heterocycles. The number of benzene rings is 2. The van der Waals surface area contributed by atoms with Gasteiger partial charge in [-0.1, -0.05) is 31.9 Å². The van der Waals surface area contributed by atoms with Crippen LogP contribution in [-0.2, 0) is 6.18 Å². The predicted molar refractivity (Wildman–Crippen MR) is 117 cm³/mol. The van der Waals surface area contributed by atoms with Crippen molar-refractivity contribution >= 4 is 48.6 Å². The van der Waals surface area contributed by atoms with Crippen LogP contribution in [0.2, 0.25) is 0 Å². The van der Waals surface area contributed by atoms with E-state index in [0.717, 1.165) is 35.0 Å². The van der Waals surface area contributed by atoms with Crippen molar-refractivity contribution < 1.29 is 13.2 Å². The number of hydrogen-bond donors (Lipinski definition) is 1. The quantitative estimate of drug-likeness (QED) is 0.384. The summed E-state index contributed by atoms with van der Waals surface area (Å²) in [5.41, 5.74) is 0.205. The van der Waals surface area contributed by atoms with Crippen molar-refractivity contribution in [2.45, 2.75) is 12.6 Å². The first-order valence-electron chi connectivity index (χ1n) is 8.87. The fourth-order valence-corrected chi connectivity index (χ4v) is 3.70. The number of halogens is 5. The summed E-state index contributed by atoms with van der Waals surface area (Å²) in [6, 6.07) is 9.26. The summed E-state index contributed by atoms with van der Waals surface area (Å²) in [4.78, 5) is 11.1. The van der Waals surface area contributed by atoms with E-state index >= 15 is 0 Å². The van der Waals surface area contributed by atoms with Crippen LogP contribution in [0.15, 0.2) is 45.3 Å². The molecule has 2 aromatic carbocycles. The molecule has 0 saturated carbocycles. The molecule has 0 saturated heterocycles. The lowest BCUT2D eigenvalue weighted by molar-refractivity contribution is -0.137. The van der Waals surface area contributed by atoms with Gasteiger partial charge in [0.2, 0.25) is 0 Å². The smallest absolute Gasteiger partial charge is 0.369 e. The molecule has 3 rings (SSSR count). The van der Waals surface area contributed by atoms with Gasteiger partial charge in [0.05, 0.1) is 11.1 Å². The zero-order valence-electron chi connectivity index (χ0n) is 15.8. The van der Waals surface area contributed by atoms with Gasteiger partial charge in [-0.05, 0) is 63.5 Å². The number of anilines is 1. The fourth-order valence-electron chi connectivity index (χ4n) is 2.85. The second-order valence-electron chi connectivity index (χ2n) is 6.87. The monoisotopic (exact) mass is 530 g/mol. The third-order valence-corrected chi connectivity index (χ3v) is 5.17. The summed E-state index contributed by atoms with van der Waals surface area (Å²) in [6.07, 6.45) is -3.55. The van der Waals surface area contributed by atoms with Crippen molar-refractivity contribution in [1.29, 1.82) is 0 Å². The van der Waals surface area contributed by atoms with E-state index in [1.54, 1.807) is 6.07 Å². The first-order chi connectivity index (χ1) is 13.6. The number of aromatic nitrogens is 2. The summed E-state index contributed by atoms with van der Waals surface area (Å²) in [6.45, 7) is 1.59. The van der Waals surface area contributed by atoms with E-state index in [0.29, 0.717) is 27.9 Å². The van der Waals surface area contributed by atoms with Crippen molar-refractivity contribution in [2.24, 2.45) is 0 Å². The highest BCUT2D eigenvalue weighted by atomic mass is 79.9. The standard InChI is InChI=1S/C20H19Br2F3N4/c1-29(2)7-3-6-26-19-16-11-14(21)4-5-17(16)27-18(28-19)12-8-13(20(23,24)25)10-15(22)9-12/h4-5,8-11H,3,6-7H2,1-2H3,(H,26,27,28). The molecule has 1 N–H and O–H groups in total. The first-order valence-corrected chi connectivity index (χ1v) is 10.5. The molecule has 154 valence electrons. The van der Waals surface area contributed by atoms with Gasteiger partial charge in [0, 0.05) is 26.4 Å². The Bertz CT molecular complexity index is 1020. The van der Waals surface area contributed by atoms with Gasteiger partial charge < -0.3 is 10.2 Å². The fraction of sp³-hybridized carbons (Fsp3) is 0.300. The molecular formula is C20H19Br2F3N4. The van der Waals surface area contributed by atoms with Crippen molar-refractivity contribution in [3.8, 4) is 11.4 Å². The molecular weight excluding hydrogens is 513 g/mol. The molecule has 0 radical (unpaired) electrons. The van der Waals surface area contributed by atoms with E-state index in [1.165, 1.54) is 0 Å². The Labute approximate surface area is 183 Å². The maximum atomic E-state index is 13.2. The SMILES string of the molecule is CN(C)CCCNc1nc(-c2cc(Br)cc(C(F)(F)F)c2)nc2ccc(Br)cc12. The number of nitrogens with zero attached hydrogens (tertiary/aromatic N) is 3. The van der Waals surface area contributed by atoms with E-state index in [2.05, 4.69) is 52.0 Å². The molecule has 0 aliphatic carbocycles. The predicted octanol–water partition coefficient (Wildman–Crippen LogP) is 6.20. The highest BCUT2D eigenvalue weighted by Gasteiger charge is 2.31. The number of nitrogens with one attached hydrogen (secondary N) is 1. The van der Waals surface area contributed by atoms with Crippen LogP contribution in [-0.4, -0.2) is 42.1 Å². The van der Waals surface area contributed by atoms with Crippen LogP contribution in [0.5, 0.6) is 0 Å². The van der Waals surface area contributed by atoms with E-state index in [4.69, 9.17) is 0 Å². The summed E-state index contributed by atoms with van der Waals surface area (Å²) in [7, 11) is 4.00. The van der Waals surface area contributed by atoms with Crippen LogP contribution in [0.3, 0.4) is 0 Å². The largest absolute Gasteiger partial charge is 0.416 e. The van der Waals surface area contributed by atoms with Gasteiger partial charge in [-0.2, -0.15) is 13.2 Å². The van der Waals surface area contributed by atoms with Crippen molar-refractivity contribution in [1.82, 2.24) is 14.9 Å². The molecule has 0 bridgehead atoms. The Kier molecular flexibility index (Phi) is 6.80. The Balaban J connectivity index is 2.05. The maximum absolute atomic E-state index is 13.2. The summed E-state index contributed by atoms with van der Waals surface area (Å²) in [5.74, 6) is 0.834. The van der Waals surface area contributed by atoms with E-state index in [-0.39, 0.29) is 5.82 Å². The van der Waals surface area contributed by atoms with Crippen LogP contribution in [0.1, 0.15) is 12.0 Å². The van der Waals surface area contributed by atoms with Gasteiger partial charge in [-0.3, -0.25) is 0 Å². The number of fused-ring (bicyclic) bond motifs is 1. The second kappa shape index (κ2) is 8.97. The van der Waals surface area contributed by atoms with E-state index in [1.807, 2.05) is 32.3 Å². The maximum Gasteiger partial charge on any atom is 0.416 e. The lowest BCUT2D eigenvalue weighted by Crippen LogP contribution is -2.17. The van der Waals surface area contributed by atoms with Gasteiger partial charge in [0.25, 0.3) is 0 Å². The molecule has 4 nitrogen and oxygen atoms in total. The molecule has 0 aliphatic heterocycles. The minimum Gasteiger partial charge on any atom is -0.369 e. The molecule has 9 heteroatoms. The topological polar surface area (TPSA) is 41.0 Å². The summed E-state index contributed by atoms with van der Waals surface area (Å²) in [5, 5.41) is 4.11. The molecule has 0 atom stereocenters. The van der Waals surface area contributed by atoms with Crippen LogP contribution in [0.4, 0.5) is 19.0 Å². The van der Waals surface area contributed by atoms with Gasteiger partial charge in [0.1, 0.15) is 5.82 Å². The molecule has 3 aromatic rings. The van der Waals surface area contributed by atoms with Crippen LogP contribution in [0, 0.1) is 0 Å². The Morgan fingerprint density at radius 2 is 1.76 bits per heavy atom. The highest BCUT2D eigenvalue weighted by molar-refractivity contribution is 9.10. The zero-order valence-corrected chi connectivity index (χ0v) is 19.0. The van der Waals surface area contributed by atoms with Crippen LogP contribution >= 0.6 is 31.9 Å². The van der Waals surface area contributed by atoms with Gasteiger partial charge in [-0.25, -0.2) is 9.97 Å². The van der Waals surface area contributed by atoms with Crippen molar-refractivity contribution in [3.05, 3.63) is 50.9 Å². The van der Waals surface area contributed by atoms with Gasteiger partial charge >= 0.3 is 6.18 Å². The molecule has 0 amide bonds. The van der Waals surface area contributed by atoms with Gasteiger partial charge in [-0.15, -0.1) is 0 Å². The average Bonchev–Trinajstić information content (AvgIpc) is 2.63. The number of rotatable bonds is 6. The van der Waals surface area contributed by atoms with E-state index in [9.17, 15) is 13.2 Å². The third kappa shape index (κ3) is 5.67. The first kappa shape index (κ1) is 22.0. The minimum absolute atomic E-state index is 0.238. The zero-order chi connectivity index (χ0) is 21.2.